The topological polar surface area (TPSA) is 35.5 Å². The van der Waals surface area contributed by atoms with Crippen LogP contribution in [0.5, 0.6) is 5.75 Å². The van der Waals surface area contributed by atoms with Gasteiger partial charge in [0.2, 0.25) is 0 Å². The number of carbonyl (C=O) groups is 1. The van der Waals surface area contributed by atoms with Crippen LogP contribution in [0.2, 0.25) is 0 Å². The van der Waals surface area contributed by atoms with Crippen LogP contribution in [0, 0.1) is 0 Å². The quantitative estimate of drug-likeness (QED) is 0.718. The maximum atomic E-state index is 11.1. The molecule has 2 rings (SSSR count). The zero-order valence-electron chi connectivity index (χ0n) is 9.60. The second kappa shape index (κ2) is 4.56. The van der Waals surface area contributed by atoms with Crippen molar-refractivity contribution < 1.29 is 14.3 Å². The summed E-state index contributed by atoms with van der Waals surface area (Å²) in [6, 6.07) is 7.97. The number of ether oxygens (including phenoxy) is 2. The summed E-state index contributed by atoms with van der Waals surface area (Å²) in [5.41, 5.74) is 1.21. The first-order chi connectivity index (χ1) is 7.70. The lowest BCUT2D eigenvalue weighted by Crippen LogP contribution is -2.28. The van der Waals surface area contributed by atoms with Crippen LogP contribution in [0.15, 0.2) is 24.3 Å². The zero-order valence-corrected chi connectivity index (χ0v) is 9.60. The number of methoxy groups -OCH3 is 1. The average Bonchev–Trinajstić information content (AvgIpc) is 2.29. The Kier molecular flexibility index (Phi) is 3.13. The molecule has 0 unspecified atom stereocenters. The van der Waals surface area contributed by atoms with Gasteiger partial charge >= 0.3 is 5.97 Å². The number of esters is 1. The van der Waals surface area contributed by atoms with Crippen molar-refractivity contribution >= 4 is 5.97 Å². The van der Waals surface area contributed by atoms with E-state index < -0.39 is 0 Å². The monoisotopic (exact) mass is 220 g/mol. The van der Waals surface area contributed by atoms with Gasteiger partial charge in [-0.25, -0.2) is 0 Å². The van der Waals surface area contributed by atoms with Gasteiger partial charge in [-0.3, -0.25) is 4.79 Å². The van der Waals surface area contributed by atoms with Crippen LogP contribution in [0.4, 0.5) is 0 Å². The molecule has 3 heteroatoms. The molecule has 2 atom stereocenters. The summed E-state index contributed by atoms with van der Waals surface area (Å²) in [4.78, 5) is 11.1. The number of hydrogen-bond acceptors (Lipinski definition) is 3. The van der Waals surface area contributed by atoms with Crippen LogP contribution < -0.4 is 4.74 Å². The molecule has 0 aliphatic carbocycles. The Balaban J connectivity index is 2.14. The molecule has 0 radical (unpaired) electrons. The Morgan fingerprint density at radius 3 is 2.56 bits per heavy atom. The van der Waals surface area contributed by atoms with Crippen LogP contribution in [-0.4, -0.2) is 19.2 Å². The Morgan fingerprint density at radius 2 is 2.00 bits per heavy atom. The van der Waals surface area contributed by atoms with E-state index in [2.05, 4.69) is 0 Å². The van der Waals surface area contributed by atoms with Crippen molar-refractivity contribution in [3.8, 4) is 5.75 Å². The minimum atomic E-state index is -0.0859. The van der Waals surface area contributed by atoms with Crippen molar-refractivity contribution in [2.24, 2.45) is 0 Å². The van der Waals surface area contributed by atoms with E-state index in [4.69, 9.17) is 9.47 Å². The maximum absolute atomic E-state index is 11.1. The molecule has 1 saturated heterocycles. The minimum Gasteiger partial charge on any atom is -0.497 e. The van der Waals surface area contributed by atoms with Crippen molar-refractivity contribution in [3.05, 3.63) is 29.8 Å². The van der Waals surface area contributed by atoms with Crippen LogP contribution >= 0.6 is 0 Å². The van der Waals surface area contributed by atoms with Crippen LogP contribution in [-0.2, 0) is 9.53 Å². The van der Waals surface area contributed by atoms with E-state index in [0.29, 0.717) is 12.3 Å². The second-order valence-electron chi connectivity index (χ2n) is 4.11. The van der Waals surface area contributed by atoms with Gasteiger partial charge in [-0.15, -0.1) is 0 Å². The van der Waals surface area contributed by atoms with Gasteiger partial charge in [0.25, 0.3) is 0 Å². The predicted molar refractivity (Wildman–Crippen MR) is 60.5 cm³/mol. The first-order valence-corrected chi connectivity index (χ1v) is 5.54. The molecule has 0 bridgehead atoms. The molecule has 1 heterocycles. The highest BCUT2D eigenvalue weighted by Gasteiger charge is 2.28. The number of hydrogen-bond donors (Lipinski definition) is 0. The molecular formula is C13H16O3. The van der Waals surface area contributed by atoms with Gasteiger partial charge in [0.15, 0.2) is 0 Å². The molecule has 1 aliphatic heterocycles. The summed E-state index contributed by atoms with van der Waals surface area (Å²) in [5, 5.41) is 0. The SMILES string of the molecule is COc1ccc([C@H]2CCC(=O)O[C@@H]2C)cc1. The standard InChI is InChI=1S/C13H16O3/c1-9-12(7-8-13(14)16-9)10-3-5-11(15-2)6-4-10/h3-6,9,12H,7-8H2,1-2H3/t9-,12+/m1/s1. The summed E-state index contributed by atoms with van der Waals surface area (Å²) in [6.07, 6.45) is 1.35. The predicted octanol–water partition coefficient (Wildman–Crippen LogP) is 2.50. The molecule has 86 valence electrons. The number of carbonyl (C=O) groups excluding carboxylic acids is 1. The van der Waals surface area contributed by atoms with Gasteiger partial charge < -0.3 is 9.47 Å². The third kappa shape index (κ3) is 2.18. The Bertz CT molecular complexity index is 369. The van der Waals surface area contributed by atoms with Crippen molar-refractivity contribution in [2.45, 2.75) is 31.8 Å². The fourth-order valence-electron chi connectivity index (χ4n) is 2.15. The van der Waals surface area contributed by atoms with Crippen molar-refractivity contribution in [2.75, 3.05) is 7.11 Å². The Hall–Kier alpha value is -1.51. The first-order valence-electron chi connectivity index (χ1n) is 5.54. The van der Waals surface area contributed by atoms with Gasteiger partial charge in [0.1, 0.15) is 11.9 Å². The molecule has 0 saturated carbocycles. The fourth-order valence-corrected chi connectivity index (χ4v) is 2.15. The summed E-state index contributed by atoms with van der Waals surface area (Å²) in [6.45, 7) is 1.95. The molecule has 16 heavy (non-hydrogen) atoms. The zero-order chi connectivity index (χ0) is 11.5. The molecule has 3 nitrogen and oxygen atoms in total. The van der Waals surface area contributed by atoms with Gasteiger partial charge in [-0.05, 0) is 31.0 Å². The van der Waals surface area contributed by atoms with E-state index in [1.165, 1.54) is 5.56 Å². The molecule has 1 aromatic carbocycles. The van der Waals surface area contributed by atoms with Gasteiger partial charge in [0.05, 0.1) is 7.11 Å². The largest absolute Gasteiger partial charge is 0.497 e. The number of benzene rings is 1. The normalized spacial score (nSPS) is 25.0. The van der Waals surface area contributed by atoms with Crippen molar-refractivity contribution in [1.82, 2.24) is 0 Å². The Morgan fingerprint density at radius 1 is 1.31 bits per heavy atom. The smallest absolute Gasteiger partial charge is 0.306 e. The third-order valence-electron chi connectivity index (χ3n) is 3.09. The van der Waals surface area contributed by atoms with E-state index in [9.17, 15) is 4.79 Å². The second-order valence-corrected chi connectivity index (χ2v) is 4.11. The lowest BCUT2D eigenvalue weighted by molar-refractivity contribution is -0.154. The van der Waals surface area contributed by atoms with Crippen molar-refractivity contribution in [1.29, 1.82) is 0 Å². The van der Waals surface area contributed by atoms with Crippen molar-refractivity contribution in [3.63, 3.8) is 0 Å². The van der Waals surface area contributed by atoms with E-state index >= 15 is 0 Å². The fraction of sp³-hybridized carbons (Fsp3) is 0.462. The van der Waals surface area contributed by atoms with Gasteiger partial charge in [0, 0.05) is 12.3 Å². The lowest BCUT2D eigenvalue weighted by atomic mass is 9.88. The van der Waals surface area contributed by atoms with Gasteiger partial charge in [-0.1, -0.05) is 12.1 Å². The molecular weight excluding hydrogens is 204 g/mol. The van der Waals surface area contributed by atoms with E-state index in [-0.39, 0.29) is 12.1 Å². The highest BCUT2D eigenvalue weighted by Crippen LogP contribution is 2.31. The molecule has 0 N–H and O–H groups in total. The highest BCUT2D eigenvalue weighted by molar-refractivity contribution is 5.70. The summed E-state index contributed by atoms with van der Waals surface area (Å²) < 4.78 is 10.4. The van der Waals surface area contributed by atoms with Crippen LogP contribution in [0.1, 0.15) is 31.2 Å². The summed E-state index contributed by atoms with van der Waals surface area (Å²) in [5.74, 6) is 1.07. The average molecular weight is 220 g/mol. The molecule has 0 spiro atoms. The van der Waals surface area contributed by atoms with E-state index in [1.54, 1.807) is 7.11 Å². The first kappa shape index (κ1) is 11.0. The molecule has 1 aliphatic rings. The molecule has 1 aromatic rings. The summed E-state index contributed by atoms with van der Waals surface area (Å²) in [7, 11) is 1.65. The number of rotatable bonds is 2. The van der Waals surface area contributed by atoms with E-state index in [1.807, 2.05) is 31.2 Å². The highest BCUT2D eigenvalue weighted by atomic mass is 16.5. The molecule has 0 aromatic heterocycles. The van der Waals surface area contributed by atoms with Crippen LogP contribution in [0.25, 0.3) is 0 Å². The van der Waals surface area contributed by atoms with Crippen LogP contribution in [0.3, 0.4) is 0 Å². The summed E-state index contributed by atoms with van der Waals surface area (Å²) >= 11 is 0. The maximum Gasteiger partial charge on any atom is 0.306 e. The van der Waals surface area contributed by atoms with Gasteiger partial charge in [-0.2, -0.15) is 0 Å². The number of cyclic esters (lactones) is 1. The molecule has 1 fully saturated rings. The lowest BCUT2D eigenvalue weighted by Gasteiger charge is -2.28. The Labute approximate surface area is 95.4 Å². The molecule has 0 amide bonds. The van der Waals surface area contributed by atoms with E-state index in [0.717, 1.165) is 12.2 Å². The third-order valence-corrected chi connectivity index (χ3v) is 3.09. The minimum absolute atomic E-state index is 0.0327.